The lowest BCUT2D eigenvalue weighted by Crippen LogP contribution is -1.98. The van der Waals surface area contributed by atoms with Crippen LogP contribution in [0, 0.1) is 6.92 Å². The van der Waals surface area contributed by atoms with Gasteiger partial charge in [0.1, 0.15) is 5.75 Å². The average Bonchev–Trinajstić information content (AvgIpc) is 2.15. The Kier molecular flexibility index (Phi) is 6.95. The zero-order valence-electron chi connectivity index (χ0n) is 9.26. The van der Waals surface area contributed by atoms with Crippen LogP contribution in [0.15, 0.2) is 18.2 Å². The molecule has 0 aliphatic rings. The topological polar surface area (TPSA) is 86.5 Å². The highest BCUT2D eigenvalue weighted by molar-refractivity contribution is 7.59. The summed E-state index contributed by atoms with van der Waals surface area (Å²) in [5.74, 6) is 0.794. The van der Waals surface area contributed by atoms with E-state index in [0.717, 1.165) is 30.0 Å². The van der Waals surface area contributed by atoms with Crippen molar-refractivity contribution in [3.8, 4) is 5.75 Å². The quantitative estimate of drug-likeness (QED) is 0.812. The normalized spacial score (nSPS) is 8.88. The second kappa shape index (κ2) is 7.70. The first-order valence-corrected chi connectivity index (χ1v) is 5.73. The van der Waals surface area contributed by atoms with Crippen LogP contribution in [-0.4, -0.2) is 19.2 Å². The molecule has 0 aliphatic carbocycles. The van der Waals surface area contributed by atoms with Gasteiger partial charge in [-0.2, -0.15) is 0 Å². The van der Waals surface area contributed by atoms with Crippen LogP contribution in [0.25, 0.3) is 0 Å². The fourth-order valence-electron chi connectivity index (χ4n) is 1.01. The number of benzene rings is 1. The fraction of sp³-hybridized carbons (Fsp3) is 0.400. The molecule has 0 bridgehead atoms. The van der Waals surface area contributed by atoms with E-state index in [1.807, 2.05) is 25.1 Å². The Balaban J connectivity index is 0.000000487. The van der Waals surface area contributed by atoms with E-state index in [0.29, 0.717) is 0 Å². The summed E-state index contributed by atoms with van der Waals surface area (Å²) in [5.41, 5.74) is 7.63. The molecule has 0 unspecified atom stereocenters. The molecule has 0 radical (unpaired) electrons. The number of hydrogen-bond acceptors (Lipinski definition) is 5. The molecule has 6 heteroatoms. The minimum absolute atomic E-state index is 0.725. The lowest BCUT2D eigenvalue weighted by atomic mass is 10.2. The summed E-state index contributed by atoms with van der Waals surface area (Å²) in [5, 5.41) is 0. The van der Waals surface area contributed by atoms with Gasteiger partial charge in [-0.15, -0.1) is 12.6 Å². The molecular formula is C10H15NO4S. The predicted octanol–water partition coefficient (Wildman–Crippen LogP) is 1.36. The third kappa shape index (κ3) is 6.83. The van der Waals surface area contributed by atoms with Crippen molar-refractivity contribution in [2.45, 2.75) is 20.3 Å². The van der Waals surface area contributed by atoms with Gasteiger partial charge >= 0.3 is 10.6 Å². The molecule has 0 atom stereocenters. The molecule has 1 aromatic carbocycles. The van der Waals surface area contributed by atoms with Crippen LogP contribution in [0.2, 0.25) is 0 Å². The number of aryl methyl sites for hydroxylation is 1. The Hall–Kier alpha value is -1.56. The Morgan fingerprint density at radius 2 is 1.88 bits per heavy atom. The van der Waals surface area contributed by atoms with Gasteiger partial charge in [0, 0.05) is 0 Å². The van der Waals surface area contributed by atoms with Crippen molar-refractivity contribution in [3.05, 3.63) is 23.8 Å². The molecule has 0 saturated heterocycles. The smallest absolute Gasteiger partial charge is 0.425 e. The van der Waals surface area contributed by atoms with E-state index in [2.05, 4.69) is 6.92 Å². The molecule has 0 amide bonds. The molecule has 2 N–H and O–H groups in total. The highest BCUT2D eigenvalue weighted by Gasteiger charge is 1.98. The number of anilines is 1. The van der Waals surface area contributed by atoms with Gasteiger partial charge in [0.25, 0.3) is 0 Å². The first-order chi connectivity index (χ1) is 7.47. The molecule has 90 valence electrons. The number of nitrogens with two attached hydrogens (primary N) is 1. The fourth-order valence-corrected chi connectivity index (χ4v) is 1.01. The standard InChI is InChI=1S/C10H15NO.O3S/c1-3-6-12-10-5-4-8(2)7-9(10)11;1-4(2)3/h4-5,7H,3,6,11H2,1-2H3;. The van der Waals surface area contributed by atoms with Crippen molar-refractivity contribution < 1.29 is 17.4 Å². The molecule has 0 saturated carbocycles. The van der Waals surface area contributed by atoms with Gasteiger partial charge < -0.3 is 10.5 Å². The number of ether oxygens (including phenoxy) is 1. The van der Waals surface area contributed by atoms with Gasteiger partial charge in [-0.1, -0.05) is 13.0 Å². The molecular weight excluding hydrogens is 230 g/mol. The number of nitrogen functional groups attached to an aromatic ring is 1. The van der Waals surface area contributed by atoms with E-state index in [1.165, 1.54) is 0 Å². The summed E-state index contributed by atoms with van der Waals surface area (Å²) in [6, 6.07) is 5.84. The second-order valence-electron chi connectivity index (χ2n) is 3.09. The minimum atomic E-state index is -3.11. The largest absolute Gasteiger partial charge is 0.491 e. The Morgan fingerprint density at radius 1 is 1.31 bits per heavy atom. The first-order valence-electron chi connectivity index (χ1n) is 4.73. The molecule has 0 spiro atoms. The van der Waals surface area contributed by atoms with Crippen LogP contribution in [0.4, 0.5) is 5.69 Å². The predicted molar refractivity (Wildman–Crippen MR) is 61.1 cm³/mol. The molecule has 0 fully saturated rings. The maximum absolute atomic E-state index is 8.44. The zero-order chi connectivity index (χ0) is 12.6. The van der Waals surface area contributed by atoms with Crippen molar-refractivity contribution in [2.24, 2.45) is 0 Å². The lowest BCUT2D eigenvalue weighted by Gasteiger charge is -2.07. The molecule has 5 nitrogen and oxygen atoms in total. The Labute approximate surface area is 96.3 Å². The summed E-state index contributed by atoms with van der Waals surface area (Å²) >= 11 is 0. The highest BCUT2D eigenvalue weighted by Crippen LogP contribution is 2.21. The van der Waals surface area contributed by atoms with E-state index < -0.39 is 10.6 Å². The SMILES string of the molecule is CCCOc1ccc(C)cc1N.O=S(=O)=O. The van der Waals surface area contributed by atoms with Gasteiger partial charge in [0.15, 0.2) is 0 Å². The maximum Gasteiger partial charge on any atom is 0.425 e. The lowest BCUT2D eigenvalue weighted by molar-refractivity contribution is 0.319. The molecule has 0 aliphatic heterocycles. The summed E-state index contributed by atoms with van der Waals surface area (Å²) in [6.07, 6.45) is 1.01. The van der Waals surface area contributed by atoms with Crippen LogP contribution in [0.3, 0.4) is 0 Å². The average molecular weight is 245 g/mol. The maximum atomic E-state index is 8.44. The first kappa shape index (κ1) is 14.4. The van der Waals surface area contributed by atoms with E-state index in [-0.39, 0.29) is 0 Å². The van der Waals surface area contributed by atoms with E-state index >= 15 is 0 Å². The monoisotopic (exact) mass is 245 g/mol. The molecule has 0 aromatic heterocycles. The summed E-state index contributed by atoms with van der Waals surface area (Å²) < 4.78 is 30.7. The van der Waals surface area contributed by atoms with Crippen molar-refractivity contribution in [1.82, 2.24) is 0 Å². The van der Waals surface area contributed by atoms with Crippen molar-refractivity contribution >= 4 is 16.3 Å². The third-order valence-corrected chi connectivity index (χ3v) is 1.63. The highest BCUT2D eigenvalue weighted by atomic mass is 32.2. The van der Waals surface area contributed by atoms with Gasteiger partial charge in [-0.05, 0) is 31.0 Å². The van der Waals surface area contributed by atoms with Gasteiger partial charge in [-0.25, -0.2) is 0 Å². The summed E-state index contributed by atoms with van der Waals surface area (Å²) in [6.45, 7) is 4.82. The van der Waals surface area contributed by atoms with Crippen molar-refractivity contribution in [1.29, 1.82) is 0 Å². The van der Waals surface area contributed by atoms with Gasteiger partial charge in [-0.3, -0.25) is 0 Å². The minimum Gasteiger partial charge on any atom is -0.491 e. The Morgan fingerprint density at radius 3 is 2.31 bits per heavy atom. The second-order valence-corrected chi connectivity index (χ2v) is 3.50. The van der Waals surface area contributed by atoms with Crippen LogP contribution in [-0.2, 0) is 10.6 Å². The van der Waals surface area contributed by atoms with Crippen LogP contribution in [0.1, 0.15) is 18.9 Å². The summed E-state index contributed by atoms with van der Waals surface area (Å²) in [4.78, 5) is 0. The number of hydrogen-bond donors (Lipinski definition) is 1. The molecule has 0 heterocycles. The van der Waals surface area contributed by atoms with E-state index in [4.69, 9.17) is 23.1 Å². The van der Waals surface area contributed by atoms with Gasteiger partial charge in [0.05, 0.1) is 12.3 Å². The Bertz CT molecular complexity index is 420. The molecule has 1 rings (SSSR count). The van der Waals surface area contributed by atoms with Crippen LogP contribution >= 0.6 is 0 Å². The van der Waals surface area contributed by atoms with Crippen LogP contribution < -0.4 is 10.5 Å². The molecule has 16 heavy (non-hydrogen) atoms. The molecule has 1 aromatic rings. The van der Waals surface area contributed by atoms with Crippen molar-refractivity contribution in [3.63, 3.8) is 0 Å². The zero-order valence-corrected chi connectivity index (χ0v) is 10.1. The van der Waals surface area contributed by atoms with Crippen LogP contribution in [0.5, 0.6) is 5.75 Å². The third-order valence-electron chi connectivity index (χ3n) is 1.63. The number of rotatable bonds is 3. The van der Waals surface area contributed by atoms with E-state index in [9.17, 15) is 0 Å². The van der Waals surface area contributed by atoms with Crippen molar-refractivity contribution in [2.75, 3.05) is 12.3 Å². The van der Waals surface area contributed by atoms with Gasteiger partial charge in [0.2, 0.25) is 0 Å². The summed E-state index contributed by atoms with van der Waals surface area (Å²) in [7, 11) is -3.11. The van der Waals surface area contributed by atoms with E-state index in [1.54, 1.807) is 0 Å².